The standard InChI is InChI=1S/C23H28N2O4S/c1-17-7-6-8-19(15-17)21-9-4-3-5-12-25(21)30(27,28)20-10-11-22-23(16-20)29-14-13-24(22)18(2)26/h6-8,10-11,15-16,21H,3-5,9,12-14H2,1-2H3. The largest absolute Gasteiger partial charge is 0.489 e. The van der Waals surface area contributed by atoms with Crippen LogP contribution in [0.4, 0.5) is 5.69 Å². The number of fused-ring (bicyclic) bond motifs is 1. The molecule has 6 nitrogen and oxygen atoms in total. The van der Waals surface area contributed by atoms with E-state index in [9.17, 15) is 13.2 Å². The summed E-state index contributed by atoms with van der Waals surface area (Å²) in [6.45, 7) is 4.85. The maximum atomic E-state index is 13.7. The zero-order chi connectivity index (χ0) is 21.3. The van der Waals surface area contributed by atoms with Gasteiger partial charge in [0.15, 0.2) is 0 Å². The number of benzene rings is 2. The van der Waals surface area contributed by atoms with Crippen LogP contribution in [0.3, 0.4) is 0 Å². The van der Waals surface area contributed by atoms with Crippen molar-refractivity contribution in [2.24, 2.45) is 0 Å². The van der Waals surface area contributed by atoms with E-state index >= 15 is 0 Å². The van der Waals surface area contributed by atoms with E-state index in [4.69, 9.17) is 4.74 Å². The second-order valence-corrected chi connectivity index (χ2v) is 9.93. The minimum atomic E-state index is -3.72. The molecule has 2 aliphatic rings. The second kappa shape index (κ2) is 8.40. The Labute approximate surface area is 178 Å². The second-order valence-electron chi connectivity index (χ2n) is 8.04. The van der Waals surface area contributed by atoms with Gasteiger partial charge in [-0.25, -0.2) is 8.42 Å². The van der Waals surface area contributed by atoms with E-state index in [-0.39, 0.29) is 16.8 Å². The number of nitrogens with zero attached hydrogens (tertiary/aromatic N) is 2. The highest BCUT2D eigenvalue weighted by atomic mass is 32.2. The third-order valence-corrected chi connectivity index (χ3v) is 7.82. The molecular weight excluding hydrogens is 400 g/mol. The van der Waals surface area contributed by atoms with Gasteiger partial charge in [-0.15, -0.1) is 0 Å². The summed E-state index contributed by atoms with van der Waals surface area (Å²) in [6.07, 6.45) is 3.68. The van der Waals surface area contributed by atoms with Crippen LogP contribution in [0.2, 0.25) is 0 Å². The average molecular weight is 429 g/mol. The number of sulfonamides is 1. The van der Waals surface area contributed by atoms with Crippen molar-refractivity contribution in [2.45, 2.75) is 50.5 Å². The van der Waals surface area contributed by atoms with Crippen LogP contribution in [0.1, 0.15) is 49.8 Å². The quantitative estimate of drug-likeness (QED) is 0.740. The smallest absolute Gasteiger partial charge is 0.243 e. The van der Waals surface area contributed by atoms with Gasteiger partial charge in [0.05, 0.1) is 23.2 Å². The van der Waals surface area contributed by atoms with Crippen molar-refractivity contribution in [3.8, 4) is 5.75 Å². The fraction of sp³-hybridized carbons (Fsp3) is 0.435. The van der Waals surface area contributed by atoms with Gasteiger partial charge >= 0.3 is 0 Å². The first-order chi connectivity index (χ1) is 14.4. The average Bonchev–Trinajstić information content (AvgIpc) is 2.99. The third kappa shape index (κ3) is 3.96. The fourth-order valence-corrected chi connectivity index (χ4v) is 6.10. The molecule has 160 valence electrons. The number of hydrogen-bond acceptors (Lipinski definition) is 4. The van der Waals surface area contributed by atoms with Crippen LogP contribution < -0.4 is 9.64 Å². The van der Waals surface area contributed by atoms with Crippen LogP contribution in [-0.4, -0.2) is 38.3 Å². The van der Waals surface area contributed by atoms with Gasteiger partial charge in [0.2, 0.25) is 15.9 Å². The molecule has 1 fully saturated rings. The molecule has 0 N–H and O–H groups in total. The molecule has 30 heavy (non-hydrogen) atoms. The molecule has 1 amide bonds. The summed E-state index contributed by atoms with van der Waals surface area (Å²) >= 11 is 0. The highest BCUT2D eigenvalue weighted by Crippen LogP contribution is 2.38. The van der Waals surface area contributed by atoms with Crippen molar-refractivity contribution >= 4 is 21.6 Å². The lowest BCUT2D eigenvalue weighted by molar-refractivity contribution is -0.116. The van der Waals surface area contributed by atoms with Crippen LogP contribution in [0, 0.1) is 6.92 Å². The first kappa shape index (κ1) is 20.9. The summed E-state index contributed by atoms with van der Waals surface area (Å²) in [6, 6.07) is 12.8. The number of aryl methyl sites for hydroxylation is 1. The molecule has 0 aliphatic carbocycles. The van der Waals surface area contributed by atoms with Crippen molar-refractivity contribution in [3.05, 3.63) is 53.6 Å². The summed E-state index contributed by atoms with van der Waals surface area (Å²) in [5.74, 6) is 0.363. The Morgan fingerprint density at radius 1 is 1.07 bits per heavy atom. The summed E-state index contributed by atoms with van der Waals surface area (Å²) in [7, 11) is -3.72. The Kier molecular flexibility index (Phi) is 5.84. The number of rotatable bonds is 3. The monoisotopic (exact) mass is 428 g/mol. The predicted octanol–water partition coefficient (Wildman–Crippen LogP) is 4.05. The molecule has 1 atom stereocenters. The van der Waals surface area contributed by atoms with Gasteiger partial charge in [-0.05, 0) is 37.5 Å². The molecule has 0 aromatic heterocycles. The minimum absolute atomic E-state index is 0.0813. The summed E-state index contributed by atoms with van der Waals surface area (Å²) in [5, 5.41) is 0. The van der Waals surface area contributed by atoms with Crippen molar-refractivity contribution in [1.29, 1.82) is 0 Å². The maximum absolute atomic E-state index is 13.7. The SMILES string of the molecule is CC(=O)N1CCOc2cc(S(=O)(=O)N3CCCCCC3c3cccc(C)c3)ccc21. The molecule has 2 aromatic rings. The summed E-state index contributed by atoms with van der Waals surface area (Å²) < 4.78 is 34.8. The summed E-state index contributed by atoms with van der Waals surface area (Å²) in [4.78, 5) is 13.7. The number of hydrogen-bond donors (Lipinski definition) is 0. The number of anilines is 1. The third-order valence-electron chi connectivity index (χ3n) is 5.91. The maximum Gasteiger partial charge on any atom is 0.243 e. The molecule has 0 saturated carbocycles. The molecule has 1 unspecified atom stereocenters. The van der Waals surface area contributed by atoms with Crippen molar-refractivity contribution in [1.82, 2.24) is 4.31 Å². The van der Waals surface area contributed by atoms with Gasteiger partial charge in [-0.2, -0.15) is 4.31 Å². The molecule has 2 aliphatic heterocycles. The van der Waals surface area contributed by atoms with E-state index in [0.29, 0.717) is 31.1 Å². The number of carbonyl (C=O) groups excluding carboxylic acids is 1. The molecule has 4 rings (SSSR count). The zero-order valence-corrected chi connectivity index (χ0v) is 18.3. The Bertz CT molecular complexity index is 1050. The van der Waals surface area contributed by atoms with Crippen LogP contribution in [0.15, 0.2) is 47.4 Å². The number of ether oxygens (including phenoxy) is 1. The Hall–Kier alpha value is -2.38. The van der Waals surface area contributed by atoms with E-state index in [1.165, 1.54) is 6.92 Å². The van der Waals surface area contributed by atoms with E-state index in [2.05, 4.69) is 6.07 Å². The first-order valence-corrected chi connectivity index (χ1v) is 12.0. The fourth-order valence-electron chi connectivity index (χ4n) is 4.40. The number of carbonyl (C=O) groups is 1. The lowest BCUT2D eigenvalue weighted by Gasteiger charge is -2.31. The molecule has 7 heteroatoms. The van der Waals surface area contributed by atoms with Crippen molar-refractivity contribution in [2.75, 3.05) is 24.6 Å². The van der Waals surface area contributed by atoms with Crippen LogP contribution in [-0.2, 0) is 14.8 Å². The van der Waals surface area contributed by atoms with E-state index in [0.717, 1.165) is 36.8 Å². The van der Waals surface area contributed by atoms with Gasteiger partial charge in [0, 0.05) is 19.5 Å². The van der Waals surface area contributed by atoms with E-state index in [1.807, 2.05) is 25.1 Å². The lowest BCUT2D eigenvalue weighted by atomic mass is 10.0. The van der Waals surface area contributed by atoms with Crippen molar-refractivity contribution < 1.29 is 17.9 Å². The van der Waals surface area contributed by atoms with Gasteiger partial charge in [-0.3, -0.25) is 4.79 Å². The molecule has 0 spiro atoms. The van der Waals surface area contributed by atoms with Crippen LogP contribution in [0.25, 0.3) is 0 Å². The molecule has 0 bridgehead atoms. The van der Waals surface area contributed by atoms with Gasteiger partial charge in [0.1, 0.15) is 12.4 Å². The molecule has 0 radical (unpaired) electrons. The summed E-state index contributed by atoms with van der Waals surface area (Å²) in [5.41, 5.74) is 2.79. The zero-order valence-electron chi connectivity index (χ0n) is 17.5. The predicted molar refractivity (Wildman–Crippen MR) is 116 cm³/mol. The van der Waals surface area contributed by atoms with Crippen molar-refractivity contribution in [3.63, 3.8) is 0 Å². The van der Waals surface area contributed by atoms with Gasteiger partial charge < -0.3 is 9.64 Å². The van der Waals surface area contributed by atoms with E-state index < -0.39 is 10.0 Å². The minimum Gasteiger partial charge on any atom is -0.489 e. The van der Waals surface area contributed by atoms with E-state index in [1.54, 1.807) is 27.4 Å². The molecule has 1 saturated heterocycles. The van der Waals surface area contributed by atoms with Crippen LogP contribution in [0.5, 0.6) is 5.75 Å². The highest BCUT2D eigenvalue weighted by Gasteiger charge is 2.34. The van der Waals surface area contributed by atoms with Crippen LogP contribution >= 0.6 is 0 Å². The Morgan fingerprint density at radius 2 is 1.90 bits per heavy atom. The van der Waals surface area contributed by atoms with Gasteiger partial charge in [-0.1, -0.05) is 42.7 Å². The van der Waals surface area contributed by atoms with Gasteiger partial charge in [0.25, 0.3) is 0 Å². The molecule has 2 aromatic carbocycles. The normalized spacial score (nSPS) is 20.2. The molecular formula is C23H28N2O4S. The highest BCUT2D eigenvalue weighted by molar-refractivity contribution is 7.89. The first-order valence-electron chi connectivity index (χ1n) is 10.5. The lowest BCUT2D eigenvalue weighted by Crippen LogP contribution is -2.37. The number of amides is 1. The molecule has 2 heterocycles. The Morgan fingerprint density at radius 3 is 2.67 bits per heavy atom. The Balaban J connectivity index is 1.73. The topological polar surface area (TPSA) is 66.9 Å².